The van der Waals surface area contributed by atoms with Crippen molar-refractivity contribution in [1.82, 2.24) is 0 Å². The third-order valence-corrected chi connectivity index (χ3v) is 4.86. The SMILES string of the molecule is CCCCCCCCc1ccc(NCCC(N)c2ccc(F)cc2)cc1. The first-order chi connectivity index (χ1) is 12.7. The lowest BCUT2D eigenvalue weighted by Crippen LogP contribution is -2.15. The minimum Gasteiger partial charge on any atom is -0.385 e. The zero-order valence-electron chi connectivity index (χ0n) is 16.0. The molecule has 0 saturated heterocycles. The topological polar surface area (TPSA) is 38.0 Å². The summed E-state index contributed by atoms with van der Waals surface area (Å²) in [5.74, 6) is -0.222. The number of unbranched alkanes of at least 4 members (excludes halogenated alkanes) is 5. The number of hydrogen-bond donors (Lipinski definition) is 2. The van der Waals surface area contributed by atoms with Crippen LogP contribution in [0.1, 0.15) is 69.0 Å². The van der Waals surface area contributed by atoms with Gasteiger partial charge in [-0.2, -0.15) is 0 Å². The van der Waals surface area contributed by atoms with Crippen LogP contribution in [0.5, 0.6) is 0 Å². The molecule has 2 rings (SSSR count). The summed E-state index contributed by atoms with van der Waals surface area (Å²) in [5, 5.41) is 3.42. The Hall–Kier alpha value is -1.87. The van der Waals surface area contributed by atoms with Crippen molar-refractivity contribution in [3.63, 3.8) is 0 Å². The average Bonchev–Trinajstić information content (AvgIpc) is 2.66. The maximum Gasteiger partial charge on any atom is 0.123 e. The average molecular weight is 357 g/mol. The van der Waals surface area contributed by atoms with E-state index in [0.29, 0.717) is 0 Å². The van der Waals surface area contributed by atoms with Gasteiger partial charge in [0.15, 0.2) is 0 Å². The lowest BCUT2D eigenvalue weighted by Gasteiger charge is -2.13. The second-order valence-corrected chi connectivity index (χ2v) is 7.09. The Morgan fingerprint density at radius 3 is 2.23 bits per heavy atom. The molecule has 0 aliphatic carbocycles. The van der Waals surface area contributed by atoms with E-state index < -0.39 is 0 Å². The van der Waals surface area contributed by atoms with Crippen LogP contribution >= 0.6 is 0 Å². The molecule has 0 aliphatic rings. The van der Waals surface area contributed by atoms with Gasteiger partial charge in [-0.05, 0) is 54.7 Å². The van der Waals surface area contributed by atoms with Crippen LogP contribution in [0, 0.1) is 5.82 Å². The predicted molar refractivity (Wildman–Crippen MR) is 110 cm³/mol. The van der Waals surface area contributed by atoms with Crippen LogP contribution in [-0.2, 0) is 6.42 Å². The van der Waals surface area contributed by atoms with Gasteiger partial charge in [0, 0.05) is 18.3 Å². The molecule has 0 radical (unpaired) electrons. The Kier molecular flexibility index (Phi) is 9.19. The maximum atomic E-state index is 13.0. The molecule has 2 nitrogen and oxygen atoms in total. The van der Waals surface area contributed by atoms with Crippen LogP contribution in [0.3, 0.4) is 0 Å². The molecule has 0 aromatic heterocycles. The summed E-state index contributed by atoms with van der Waals surface area (Å²) in [4.78, 5) is 0. The number of benzene rings is 2. The number of rotatable bonds is 12. The number of aryl methyl sites for hydroxylation is 1. The standard InChI is InChI=1S/C23H33FN2/c1-2-3-4-5-6-7-8-19-9-15-22(16-10-19)26-18-17-23(25)20-11-13-21(24)14-12-20/h9-16,23,26H,2-8,17-18,25H2,1H3. The molecule has 0 bridgehead atoms. The van der Waals surface area contributed by atoms with Crippen molar-refractivity contribution in [1.29, 1.82) is 0 Å². The summed E-state index contributed by atoms with van der Waals surface area (Å²) in [6.45, 7) is 3.06. The van der Waals surface area contributed by atoms with Gasteiger partial charge < -0.3 is 11.1 Å². The van der Waals surface area contributed by atoms with Crippen molar-refractivity contribution in [2.24, 2.45) is 5.73 Å². The highest BCUT2D eigenvalue weighted by Gasteiger charge is 2.05. The van der Waals surface area contributed by atoms with Gasteiger partial charge in [0.1, 0.15) is 5.82 Å². The molecule has 1 unspecified atom stereocenters. The molecular weight excluding hydrogens is 323 g/mol. The molecule has 142 valence electrons. The Labute approximate surface area is 158 Å². The van der Waals surface area contributed by atoms with Gasteiger partial charge >= 0.3 is 0 Å². The van der Waals surface area contributed by atoms with Crippen LogP contribution in [0.25, 0.3) is 0 Å². The molecule has 26 heavy (non-hydrogen) atoms. The molecule has 1 atom stereocenters. The first kappa shape index (κ1) is 20.4. The molecular formula is C23H33FN2. The van der Waals surface area contributed by atoms with E-state index in [2.05, 4.69) is 36.5 Å². The smallest absolute Gasteiger partial charge is 0.123 e. The number of hydrogen-bond acceptors (Lipinski definition) is 2. The molecule has 0 amide bonds. The Morgan fingerprint density at radius 1 is 0.885 bits per heavy atom. The minimum absolute atomic E-state index is 0.0740. The van der Waals surface area contributed by atoms with Crippen molar-refractivity contribution in [3.8, 4) is 0 Å². The largest absolute Gasteiger partial charge is 0.385 e. The third-order valence-electron chi connectivity index (χ3n) is 4.86. The highest BCUT2D eigenvalue weighted by molar-refractivity contribution is 5.44. The zero-order valence-corrected chi connectivity index (χ0v) is 16.0. The van der Waals surface area contributed by atoms with E-state index >= 15 is 0 Å². The molecule has 2 aromatic rings. The van der Waals surface area contributed by atoms with E-state index in [1.807, 2.05) is 0 Å². The van der Waals surface area contributed by atoms with Gasteiger partial charge in [-0.3, -0.25) is 0 Å². The highest BCUT2D eigenvalue weighted by atomic mass is 19.1. The van der Waals surface area contributed by atoms with Crippen molar-refractivity contribution in [2.75, 3.05) is 11.9 Å². The Bertz CT molecular complexity index is 607. The van der Waals surface area contributed by atoms with Crippen LogP contribution in [0.2, 0.25) is 0 Å². The lowest BCUT2D eigenvalue weighted by molar-refractivity contribution is 0.607. The summed E-state index contributed by atoms with van der Waals surface area (Å²) in [5.41, 5.74) is 9.68. The Balaban J connectivity index is 1.64. The number of halogens is 1. The summed E-state index contributed by atoms with van der Waals surface area (Å²) in [6.07, 6.45) is 10.0. The highest BCUT2D eigenvalue weighted by Crippen LogP contribution is 2.16. The number of nitrogens with one attached hydrogen (secondary N) is 1. The molecule has 0 aliphatic heterocycles. The van der Waals surface area contributed by atoms with Crippen LogP contribution < -0.4 is 11.1 Å². The van der Waals surface area contributed by atoms with E-state index in [1.54, 1.807) is 12.1 Å². The molecule has 3 heteroatoms. The van der Waals surface area contributed by atoms with E-state index in [-0.39, 0.29) is 11.9 Å². The van der Waals surface area contributed by atoms with E-state index in [9.17, 15) is 4.39 Å². The Morgan fingerprint density at radius 2 is 1.54 bits per heavy atom. The van der Waals surface area contributed by atoms with E-state index in [1.165, 1.54) is 62.6 Å². The fraction of sp³-hybridized carbons (Fsp3) is 0.478. The number of anilines is 1. The minimum atomic E-state index is -0.222. The van der Waals surface area contributed by atoms with Gasteiger partial charge in [-0.15, -0.1) is 0 Å². The summed E-state index contributed by atoms with van der Waals surface area (Å²) in [6, 6.07) is 15.1. The summed E-state index contributed by atoms with van der Waals surface area (Å²) in [7, 11) is 0. The van der Waals surface area contributed by atoms with Gasteiger partial charge in [0.25, 0.3) is 0 Å². The molecule has 0 fully saturated rings. The quantitative estimate of drug-likeness (QED) is 0.442. The van der Waals surface area contributed by atoms with Gasteiger partial charge in [0.2, 0.25) is 0 Å². The maximum absolute atomic E-state index is 13.0. The van der Waals surface area contributed by atoms with E-state index in [4.69, 9.17) is 5.73 Å². The van der Waals surface area contributed by atoms with Crippen molar-refractivity contribution in [3.05, 3.63) is 65.5 Å². The molecule has 3 N–H and O–H groups in total. The van der Waals surface area contributed by atoms with Crippen LogP contribution in [-0.4, -0.2) is 6.54 Å². The first-order valence-electron chi connectivity index (χ1n) is 10.0. The van der Waals surface area contributed by atoms with E-state index in [0.717, 1.165) is 24.2 Å². The molecule has 0 heterocycles. The number of nitrogens with two attached hydrogens (primary N) is 1. The second kappa shape index (κ2) is 11.7. The fourth-order valence-electron chi connectivity index (χ4n) is 3.15. The van der Waals surface area contributed by atoms with Crippen LogP contribution in [0.4, 0.5) is 10.1 Å². The summed E-state index contributed by atoms with van der Waals surface area (Å²) < 4.78 is 13.0. The molecule has 0 saturated carbocycles. The lowest BCUT2D eigenvalue weighted by atomic mass is 10.0. The predicted octanol–water partition coefficient (Wildman–Crippen LogP) is 6.23. The zero-order chi connectivity index (χ0) is 18.6. The monoisotopic (exact) mass is 356 g/mol. The van der Waals surface area contributed by atoms with Crippen LogP contribution in [0.15, 0.2) is 48.5 Å². The fourth-order valence-corrected chi connectivity index (χ4v) is 3.15. The van der Waals surface area contributed by atoms with Crippen molar-refractivity contribution in [2.45, 2.75) is 64.3 Å². The molecule has 0 spiro atoms. The third kappa shape index (κ3) is 7.57. The van der Waals surface area contributed by atoms with Crippen molar-refractivity contribution < 1.29 is 4.39 Å². The van der Waals surface area contributed by atoms with Gasteiger partial charge in [-0.25, -0.2) is 4.39 Å². The second-order valence-electron chi connectivity index (χ2n) is 7.09. The van der Waals surface area contributed by atoms with Gasteiger partial charge in [0.05, 0.1) is 0 Å². The van der Waals surface area contributed by atoms with Gasteiger partial charge in [-0.1, -0.05) is 63.3 Å². The van der Waals surface area contributed by atoms with Crippen molar-refractivity contribution >= 4 is 5.69 Å². The molecule has 2 aromatic carbocycles. The summed E-state index contributed by atoms with van der Waals surface area (Å²) >= 11 is 0. The first-order valence-corrected chi connectivity index (χ1v) is 10.0. The normalized spacial score (nSPS) is 12.1.